The second-order valence-electron chi connectivity index (χ2n) is 13.0. The largest absolute Gasteiger partial charge is 0.459 e. The molecule has 0 spiro atoms. The smallest absolute Gasteiger partial charge is 0.344 e. The number of rotatable bonds is 7. The number of esters is 2. The topological polar surface area (TPSA) is 93.1 Å². The minimum atomic E-state index is -0.729. The maximum Gasteiger partial charge on any atom is 0.344 e. The molecule has 1 N–H and O–H groups in total. The van der Waals surface area contributed by atoms with E-state index in [1.54, 1.807) is 12.2 Å². The fourth-order valence-corrected chi connectivity index (χ4v) is 7.92. The number of Topliss-reactive ketones (excluding diaryl/α,β-unsaturated/α-hetero) is 1. The van der Waals surface area contributed by atoms with Crippen molar-refractivity contribution >= 4 is 29.5 Å². The molecule has 0 heterocycles. The van der Waals surface area contributed by atoms with Gasteiger partial charge in [-0.15, -0.1) is 6.58 Å². The molecule has 3 aliphatic carbocycles. The average Bonchev–Trinajstić information content (AvgIpc) is 3.29. The van der Waals surface area contributed by atoms with E-state index in [0.29, 0.717) is 12.8 Å². The van der Waals surface area contributed by atoms with E-state index in [1.807, 2.05) is 50.2 Å². The zero-order valence-electron chi connectivity index (χ0n) is 24.8. The first-order valence-corrected chi connectivity index (χ1v) is 14.4. The number of aliphatic hydroxyl groups is 1. The molecule has 3 saturated carbocycles. The van der Waals surface area contributed by atoms with Gasteiger partial charge < -0.3 is 19.5 Å². The van der Waals surface area contributed by atoms with Crippen LogP contribution in [-0.4, -0.2) is 55.7 Å². The van der Waals surface area contributed by atoms with Gasteiger partial charge in [-0.05, 0) is 66.7 Å². The Bertz CT molecular complexity index is 1170. The van der Waals surface area contributed by atoms with Gasteiger partial charge in [0.15, 0.2) is 6.61 Å². The molecular formula is C33H45NO6. The van der Waals surface area contributed by atoms with E-state index in [4.69, 9.17) is 9.47 Å². The highest BCUT2D eigenvalue weighted by molar-refractivity contribution is 5.89. The van der Waals surface area contributed by atoms with Crippen LogP contribution in [0.15, 0.2) is 43.0 Å². The number of ketones is 1. The predicted octanol–water partition coefficient (Wildman–Crippen LogP) is 5.22. The summed E-state index contributed by atoms with van der Waals surface area (Å²) in [7, 11) is 3.91. The van der Waals surface area contributed by atoms with E-state index in [9.17, 15) is 19.5 Å². The van der Waals surface area contributed by atoms with Crippen molar-refractivity contribution in [3.05, 3.63) is 48.6 Å². The molecule has 0 aliphatic heterocycles. The summed E-state index contributed by atoms with van der Waals surface area (Å²) in [5.74, 6) is -1.37. The Morgan fingerprint density at radius 2 is 1.82 bits per heavy atom. The van der Waals surface area contributed by atoms with Gasteiger partial charge >= 0.3 is 11.9 Å². The summed E-state index contributed by atoms with van der Waals surface area (Å²) in [5.41, 5.74) is 0.218. The van der Waals surface area contributed by atoms with Crippen LogP contribution in [0.3, 0.4) is 0 Å². The van der Waals surface area contributed by atoms with Gasteiger partial charge in [-0.2, -0.15) is 0 Å². The zero-order valence-corrected chi connectivity index (χ0v) is 24.8. The minimum absolute atomic E-state index is 0.0951. The Morgan fingerprint density at radius 1 is 1.15 bits per heavy atom. The molecule has 8 atom stereocenters. The van der Waals surface area contributed by atoms with Gasteiger partial charge in [-0.25, -0.2) is 9.59 Å². The van der Waals surface area contributed by atoms with Crippen LogP contribution in [0.1, 0.15) is 65.4 Å². The average molecular weight is 552 g/mol. The second kappa shape index (κ2) is 11.2. The van der Waals surface area contributed by atoms with Crippen molar-refractivity contribution in [1.29, 1.82) is 0 Å². The number of aliphatic hydroxyl groups excluding tert-OH is 1. The summed E-state index contributed by atoms with van der Waals surface area (Å²) in [5, 5.41) is 11.6. The van der Waals surface area contributed by atoms with Crippen LogP contribution >= 0.6 is 0 Å². The summed E-state index contributed by atoms with van der Waals surface area (Å²) in [4.78, 5) is 41.0. The summed E-state index contributed by atoms with van der Waals surface area (Å²) >= 11 is 0. The van der Waals surface area contributed by atoms with Crippen molar-refractivity contribution in [2.45, 2.75) is 72.0 Å². The number of ether oxygens (including phenoxy) is 2. The third-order valence-corrected chi connectivity index (χ3v) is 10.7. The molecule has 3 aliphatic rings. The Morgan fingerprint density at radius 3 is 2.45 bits per heavy atom. The Hall–Kier alpha value is -2.93. The van der Waals surface area contributed by atoms with Crippen molar-refractivity contribution < 1.29 is 29.0 Å². The molecule has 3 fully saturated rings. The van der Waals surface area contributed by atoms with Crippen LogP contribution in [0.25, 0.3) is 6.08 Å². The van der Waals surface area contributed by atoms with Crippen molar-refractivity contribution in [2.24, 2.45) is 34.0 Å². The summed E-state index contributed by atoms with van der Waals surface area (Å²) in [6.45, 7) is 11.8. The van der Waals surface area contributed by atoms with E-state index in [0.717, 1.165) is 30.5 Å². The molecule has 7 nitrogen and oxygen atoms in total. The summed E-state index contributed by atoms with van der Waals surface area (Å²) in [6.07, 6.45) is 6.65. The van der Waals surface area contributed by atoms with E-state index < -0.39 is 41.6 Å². The van der Waals surface area contributed by atoms with Crippen LogP contribution in [0.2, 0.25) is 0 Å². The molecule has 0 radical (unpaired) electrons. The third kappa shape index (κ3) is 5.13. The first kappa shape index (κ1) is 30.0. The number of benzene rings is 1. The second-order valence-corrected chi connectivity index (χ2v) is 13.0. The SMILES string of the molecule is C=CC1(C)C[C@@H](OC(=O)COC(=O)/C=C/c2ccc(N(C)C)cc2)[C@@]2(C)[C@@H]3C(=O)CCC3(CC[C@@H]2C)[C@@H](C)[C@@H]1O. The highest BCUT2D eigenvalue weighted by Gasteiger charge is 2.68. The van der Waals surface area contributed by atoms with Crippen molar-refractivity contribution in [2.75, 3.05) is 25.6 Å². The first-order chi connectivity index (χ1) is 18.8. The van der Waals surface area contributed by atoms with Gasteiger partial charge in [0.25, 0.3) is 0 Å². The molecule has 2 unspecified atom stereocenters. The lowest BCUT2D eigenvalue weighted by Gasteiger charge is -2.61. The molecule has 40 heavy (non-hydrogen) atoms. The van der Waals surface area contributed by atoms with E-state index in [2.05, 4.69) is 27.4 Å². The van der Waals surface area contributed by atoms with Crippen molar-refractivity contribution in [3.8, 4) is 0 Å². The predicted molar refractivity (Wildman–Crippen MR) is 155 cm³/mol. The highest BCUT2D eigenvalue weighted by atomic mass is 16.6. The molecule has 2 bridgehead atoms. The van der Waals surface area contributed by atoms with Gasteiger partial charge in [-0.3, -0.25) is 4.79 Å². The lowest BCUT2D eigenvalue weighted by molar-refractivity contribution is -0.208. The lowest BCUT2D eigenvalue weighted by Crippen LogP contribution is -2.63. The normalized spacial score (nSPS) is 37.3. The van der Waals surface area contributed by atoms with Gasteiger partial charge in [-0.1, -0.05) is 45.9 Å². The van der Waals surface area contributed by atoms with E-state index in [-0.39, 0.29) is 29.0 Å². The van der Waals surface area contributed by atoms with Gasteiger partial charge in [0.05, 0.1) is 6.10 Å². The van der Waals surface area contributed by atoms with Gasteiger partial charge in [0, 0.05) is 49.0 Å². The van der Waals surface area contributed by atoms with Crippen molar-refractivity contribution in [1.82, 2.24) is 0 Å². The maximum absolute atomic E-state index is 13.5. The van der Waals surface area contributed by atoms with Crippen molar-refractivity contribution in [3.63, 3.8) is 0 Å². The van der Waals surface area contributed by atoms with Crippen LogP contribution in [0.5, 0.6) is 0 Å². The van der Waals surface area contributed by atoms with Crippen LogP contribution in [0.4, 0.5) is 5.69 Å². The quantitative estimate of drug-likeness (QED) is 0.282. The minimum Gasteiger partial charge on any atom is -0.459 e. The summed E-state index contributed by atoms with van der Waals surface area (Å²) < 4.78 is 11.3. The van der Waals surface area contributed by atoms with Gasteiger partial charge in [0.2, 0.25) is 0 Å². The number of carbonyl (C=O) groups is 3. The molecule has 1 aromatic carbocycles. The molecular weight excluding hydrogens is 506 g/mol. The van der Waals surface area contributed by atoms with E-state index >= 15 is 0 Å². The lowest BCUT2D eigenvalue weighted by atomic mass is 9.44. The third-order valence-electron chi connectivity index (χ3n) is 10.7. The Kier molecular flexibility index (Phi) is 8.38. The number of anilines is 1. The number of nitrogens with zero attached hydrogens (tertiary/aromatic N) is 1. The number of carbonyl (C=O) groups excluding carboxylic acids is 3. The fraction of sp³-hybridized carbons (Fsp3) is 0.606. The van der Waals surface area contributed by atoms with Gasteiger partial charge in [0.1, 0.15) is 11.9 Å². The van der Waals surface area contributed by atoms with Crippen LogP contribution < -0.4 is 4.90 Å². The van der Waals surface area contributed by atoms with Crippen LogP contribution in [0, 0.1) is 34.0 Å². The Labute approximate surface area is 238 Å². The number of hydrogen-bond acceptors (Lipinski definition) is 7. The van der Waals surface area contributed by atoms with Crippen LogP contribution in [-0.2, 0) is 23.9 Å². The molecule has 7 heteroatoms. The first-order valence-electron chi connectivity index (χ1n) is 14.4. The number of hydrogen-bond donors (Lipinski definition) is 1. The molecule has 0 amide bonds. The zero-order chi connectivity index (χ0) is 29.5. The summed E-state index contributed by atoms with van der Waals surface area (Å²) in [6, 6.07) is 7.68. The van der Waals surface area contributed by atoms with E-state index in [1.165, 1.54) is 6.08 Å². The standard InChI is InChI=1S/C33H45NO6/c1-8-31(4)19-26(32(5)21(2)15-17-33(22(3)30(31)38)18-16-25(35)29(32)33)40-28(37)20-39-27(36)14-11-23-9-12-24(13-10-23)34(6)7/h8-14,21-22,26,29-30,38H,1,15-20H2,2-7H3/b14-11+/t21-,22-,26+,29-,30-,31?,32-,33?/m0/s1. The molecule has 0 saturated heterocycles. The molecule has 0 aromatic heterocycles. The molecule has 1 aromatic rings. The Balaban J connectivity index is 1.52. The molecule has 4 rings (SSSR count). The monoisotopic (exact) mass is 551 g/mol. The fourth-order valence-electron chi connectivity index (χ4n) is 7.92. The maximum atomic E-state index is 13.5. The molecule has 218 valence electrons. The highest BCUT2D eigenvalue weighted by Crippen LogP contribution is 2.68.